The molecule has 1 heterocycles. The number of nitrogens with zero attached hydrogens (tertiary/aromatic N) is 1. The van der Waals surface area contributed by atoms with Crippen molar-refractivity contribution in [3.8, 4) is 0 Å². The highest BCUT2D eigenvalue weighted by atomic mass is 16.1. The van der Waals surface area contributed by atoms with Crippen molar-refractivity contribution >= 4 is 5.91 Å². The summed E-state index contributed by atoms with van der Waals surface area (Å²) in [4.78, 5) is 14.1. The Hall–Kier alpha value is -1.39. The van der Waals surface area contributed by atoms with Crippen LogP contribution in [0.3, 0.4) is 0 Å². The van der Waals surface area contributed by atoms with Crippen LogP contribution in [0.5, 0.6) is 0 Å². The topological polar surface area (TPSA) is 44.4 Å². The van der Waals surface area contributed by atoms with E-state index in [9.17, 15) is 4.79 Å². The van der Waals surface area contributed by atoms with Gasteiger partial charge in [0, 0.05) is 39.3 Å². The molecule has 0 spiro atoms. The molecular formula is C14H21N3O. The minimum atomic E-state index is 0.108. The molecule has 1 aromatic carbocycles. The number of benzene rings is 1. The lowest BCUT2D eigenvalue weighted by atomic mass is 10.1. The quantitative estimate of drug-likeness (QED) is 0.784. The van der Waals surface area contributed by atoms with Crippen molar-refractivity contribution in [3.63, 3.8) is 0 Å². The van der Waals surface area contributed by atoms with Crippen LogP contribution < -0.4 is 10.6 Å². The maximum Gasteiger partial charge on any atom is 0.224 e. The van der Waals surface area contributed by atoms with E-state index in [1.807, 2.05) is 30.3 Å². The van der Waals surface area contributed by atoms with E-state index in [0.717, 1.165) is 44.8 Å². The highest BCUT2D eigenvalue weighted by Crippen LogP contribution is 1.99. The van der Waals surface area contributed by atoms with Gasteiger partial charge >= 0.3 is 0 Å². The van der Waals surface area contributed by atoms with Gasteiger partial charge in [-0.3, -0.25) is 9.69 Å². The SMILES string of the molecule is O=C(Cc1ccccc1)NCCN1CCNCC1. The molecule has 4 heteroatoms. The molecule has 0 aromatic heterocycles. The van der Waals surface area contributed by atoms with Gasteiger partial charge in [0.05, 0.1) is 6.42 Å². The second-order valence-electron chi connectivity index (χ2n) is 4.60. The molecular weight excluding hydrogens is 226 g/mol. The summed E-state index contributed by atoms with van der Waals surface area (Å²) in [5.41, 5.74) is 1.07. The molecule has 0 atom stereocenters. The molecule has 1 aliphatic rings. The Morgan fingerprint density at radius 3 is 2.67 bits per heavy atom. The van der Waals surface area contributed by atoms with Crippen LogP contribution in [-0.4, -0.2) is 50.1 Å². The molecule has 1 aliphatic heterocycles. The van der Waals surface area contributed by atoms with Gasteiger partial charge in [0.15, 0.2) is 0 Å². The number of hydrogen-bond acceptors (Lipinski definition) is 3. The van der Waals surface area contributed by atoms with Crippen LogP contribution in [0.4, 0.5) is 0 Å². The number of nitrogens with one attached hydrogen (secondary N) is 2. The fourth-order valence-corrected chi connectivity index (χ4v) is 2.13. The summed E-state index contributed by atoms with van der Waals surface area (Å²) >= 11 is 0. The first-order valence-corrected chi connectivity index (χ1v) is 6.58. The van der Waals surface area contributed by atoms with Gasteiger partial charge in [-0.2, -0.15) is 0 Å². The zero-order valence-corrected chi connectivity index (χ0v) is 10.7. The molecule has 2 N–H and O–H groups in total. The molecule has 1 saturated heterocycles. The van der Waals surface area contributed by atoms with Gasteiger partial charge in [-0.1, -0.05) is 30.3 Å². The third-order valence-corrected chi connectivity index (χ3v) is 3.17. The number of amides is 1. The molecule has 4 nitrogen and oxygen atoms in total. The lowest BCUT2D eigenvalue weighted by Crippen LogP contribution is -2.46. The van der Waals surface area contributed by atoms with Gasteiger partial charge in [-0.25, -0.2) is 0 Å². The number of carbonyl (C=O) groups is 1. The Bertz CT molecular complexity index is 361. The highest BCUT2D eigenvalue weighted by molar-refractivity contribution is 5.78. The second kappa shape index (κ2) is 7.13. The monoisotopic (exact) mass is 247 g/mol. The molecule has 1 fully saturated rings. The zero-order valence-electron chi connectivity index (χ0n) is 10.7. The van der Waals surface area contributed by atoms with E-state index >= 15 is 0 Å². The van der Waals surface area contributed by atoms with Crippen LogP contribution in [0.1, 0.15) is 5.56 Å². The lowest BCUT2D eigenvalue weighted by molar-refractivity contribution is -0.120. The van der Waals surface area contributed by atoms with Crippen LogP contribution in [0, 0.1) is 0 Å². The van der Waals surface area contributed by atoms with Crippen molar-refractivity contribution < 1.29 is 4.79 Å². The zero-order chi connectivity index (χ0) is 12.6. The third kappa shape index (κ3) is 4.47. The Morgan fingerprint density at radius 1 is 1.22 bits per heavy atom. The highest BCUT2D eigenvalue weighted by Gasteiger charge is 2.09. The molecule has 1 aromatic rings. The molecule has 0 radical (unpaired) electrons. The van der Waals surface area contributed by atoms with Crippen molar-refractivity contribution in [1.29, 1.82) is 0 Å². The van der Waals surface area contributed by atoms with Gasteiger partial charge in [0.2, 0.25) is 5.91 Å². The van der Waals surface area contributed by atoms with E-state index < -0.39 is 0 Å². The van der Waals surface area contributed by atoms with Crippen LogP contribution >= 0.6 is 0 Å². The summed E-state index contributed by atoms with van der Waals surface area (Å²) in [6.45, 7) is 5.95. The van der Waals surface area contributed by atoms with E-state index in [0.29, 0.717) is 6.42 Å². The summed E-state index contributed by atoms with van der Waals surface area (Å²) in [6.07, 6.45) is 0.475. The van der Waals surface area contributed by atoms with Crippen LogP contribution in [-0.2, 0) is 11.2 Å². The molecule has 1 amide bonds. The van der Waals surface area contributed by atoms with Crippen LogP contribution in [0.25, 0.3) is 0 Å². The van der Waals surface area contributed by atoms with Crippen molar-refractivity contribution in [2.75, 3.05) is 39.3 Å². The average molecular weight is 247 g/mol. The van der Waals surface area contributed by atoms with Crippen LogP contribution in [0.2, 0.25) is 0 Å². The number of rotatable bonds is 5. The molecule has 0 bridgehead atoms. The standard InChI is InChI=1S/C14H21N3O/c18-14(12-13-4-2-1-3-5-13)16-8-11-17-9-6-15-7-10-17/h1-5,15H,6-12H2,(H,16,18). The molecule has 2 rings (SSSR count). The smallest absolute Gasteiger partial charge is 0.224 e. The summed E-state index contributed by atoms with van der Waals surface area (Å²) in [6, 6.07) is 9.85. The number of hydrogen-bond donors (Lipinski definition) is 2. The minimum absolute atomic E-state index is 0.108. The van der Waals surface area contributed by atoms with E-state index in [1.54, 1.807) is 0 Å². The van der Waals surface area contributed by atoms with Crippen molar-refractivity contribution in [2.45, 2.75) is 6.42 Å². The van der Waals surface area contributed by atoms with E-state index in [2.05, 4.69) is 15.5 Å². The normalized spacial score (nSPS) is 16.4. The lowest BCUT2D eigenvalue weighted by Gasteiger charge is -2.27. The largest absolute Gasteiger partial charge is 0.355 e. The van der Waals surface area contributed by atoms with E-state index in [1.165, 1.54) is 0 Å². The van der Waals surface area contributed by atoms with Crippen molar-refractivity contribution in [2.24, 2.45) is 0 Å². The molecule has 98 valence electrons. The Kier molecular flexibility index (Phi) is 5.17. The number of piperazine rings is 1. The fourth-order valence-electron chi connectivity index (χ4n) is 2.13. The average Bonchev–Trinajstić information content (AvgIpc) is 2.41. The predicted octanol–water partition coefficient (Wildman–Crippen LogP) is 0.251. The first kappa shape index (κ1) is 13.1. The predicted molar refractivity (Wildman–Crippen MR) is 72.5 cm³/mol. The Labute approximate surface area is 108 Å². The van der Waals surface area contributed by atoms with Gasteiger partial charge in [0.25, 0.3) is 0 Å². The molecule has 0 aliphatic carbocycles. The molecule has 0 unspecified atom stereocenters. The van der Waals surface area contributed by atoms with Gasteiger partial charge < -0.3 is 10.6 Å². The summed E-state index contributed by atoms with van der Waals surface area (Å²) in [7, 11) is 0. The maximum atomic E-state index is 11.7. The van der Waals surface area contributed by atoms with Crippen molar-refractivity contribution in [3.05, 3.63) is 35.9 Å². The van der Waals surface area contributed by atoms with Crippen molar-refractivity contribution in [1.82, 2.24) is 15.5 Å². The number of carbonyl (C=O) groups excluding carboxylic acids is 1. The molecule has 0 saturated carbocycles. The van der Waals surface area contributed by atoms with Gasteiger partial charge in [-0.05, 0) is 5.56 Å². The summed E-state index contributed by atoms with van der Waals surface area (Å²) in [5.74, 6) is 0.108. The summed E-state index contributed by atoms with van der Waals surface area (Å²) < 4.78 is 0. The Morgan fingerprint density at radius 2 is 1.94 bits per heavy atom. The van der Waals surface area contributed by atoms with Gasteiger partial charge in [0.1, 0.15) is 0 Å². The van der Waals surface area contributed by atoms with E-state index in [4.69, 9.17) is 0 Å². The molecule has 18 heavy (non-hydrogen) atoms. The van der Waals surface area contributed by atoms with Gasteiger partial charge in [-0.15, -0.1) is 0 Å². The van der Waals surface area contributed by atoms with E-state index in [-0.39, 0.29) is 5.91 Å². The first-order valence-electron chi connectivity index (χ1n) is 6.58. The second-order valence-corrected chi connectivity index (χ2v) is 4.60. The third-order valence-electron chi connectivity index (χ3n) is 3.17. The summed E-state index contributed by atoms with van der Waals surface area (Å²) in [5, 5.41) is 6.29. The van der Waals surface area contributed by atoms with Crippen LogP contribution in [0.15, 0.2) is 30.3 Å². The first-order chi connectivity index (χ1) is 8.84. The maximum absolute atomic E-state index is 11.7. The minimum Gasteiger partial charge on any atom is -0.355 e. The Balaban J connectivity index is 1.62. The fraction of sp³-hybridized carbons (Fsp3) is 0.500.